The van der Waals surface area contributed by atoms with E-state index in [1.165, 1.54) is 17.6 Å². The molecule has 0 aliphatic heterocycles. The van der Waals surface area contributed by atoms with Gasteiger partial charge in [-0.2, -0.15) is 0 Å². The van der Waals surface area contributed by atoms with Crippen LogP contribution in [0.1, 0.15) is 57.9 Å². The first-order valence-electron chi connectivity index (χ1n) is 8.42. The first-order valence-corrected chi connectivity index (χ1v) is 9.24. The second kappa shape index (κ2) is 9.76. The summed E-state index contributed by atoms with van der Waals surface area (Å²) >= 11 is 1.22. The number of anilines is 1. The molecule has 26 heavy (non-hydrogen) atoms. The predicted molar refractivity (Wildman–Crippen MR) is 98.8 cm³/mol. The molecule has 0 fully saturated rings. The molecule has 0 saturated carbocycles. The fourth-order valence-corrected chi connectivity index (χ4v) is 3.37. The van der Waals surface area contributed by atoms with Crippen LogP contribution < -0.4 is 10.6 Å². The third kappa shape index (κ3) is 6.03. The summed E-state index contributed by atoms with van der Waals surface area (Å²) in [6.07, 6.45) is 4.79. The molecule has 0 aromatic carbocycles. The molecule has 2 aromatic heterocycles. The lowest BCUT2D eigenvalue weighted by atomic mass is 10.1. The number of carboxylic acid groups (broad SMARTS) is 1. The number of carboxylic acids is 1. The van der Waals surface area contributed by atoms with Crippen molar-refractivity contribution in [3.05, 3.63) is 40.7 Å². The first kappa shape index (κ1) is 19.7. The molecule has 3 N–H and O–H groups in total. The third-order valence-corrected chi connectivity index (χ3v) is 4.86. The lowest BCUT2D eigenvalue weighted by Crippen LogP contribution is -2.24. The quantitative estimate of drug-likeness (QED) is 0.547. The van der Waals surface area contributed by atoms with E-state index < -0.39 is 5.97 Å². The van der Waals surface area contributed by atoms with E-state index in [1.807, 2.05) is 6.92 Å². The maximum absolute atomic E-state index is 12.3. The number of nitrogens with one attached hydrogen (secondary N) is 2. The maximum Gasteiger partial charge on any atom is 0.303 e. The number of carbonyl (C=O) groups excluding carboxylic acids is 2. The molecular formula is C18H22N2O5S. The highest BCUT2D eigenvalue weighted by Crippen LogP contribution is 2.27. The molecule has 2 rings (SSSR count). The number of thiophene rings is 1. The van der Waals surface area contributed by atoms with E-state index in [0.717, 1.165) is 24.8 Å². The highest BCUT2D eigenvalue weighted by molar-refractivity contribution is 7.18. The highest BCUT2D eigenvalue weighted by atomic mass is 32.1. The Labute approximate surface area is 155 Å². The number of carbonyl (C=O) groups is 3. The van der Waals surface area contributed by atoms with E-state index in [4.69, 9.17) is 9.52 Å². The Kier molecular flexibility index (Phi) is 7.40. The zero-order valence-electron chi connectivity index (χ0n) is 14.5. The molecule has 7 nitrogen and oxygen atoms in total. The molecule has 2 heterocycles. The van der Waals surface area contributed by atoms with Gasteiger partial charge in [-0.1, -0.05) is 12.8 Å². The average molecular weight is 378 g/mol. The van der Waals surface area contributed by atoms with Crippen molar-refractivity contribution < 1.29 is 23.9 Å². The topological polar surface area (TPSA) is 109 Å². The molecule has 2 amide bonds. The van der Waals surface area contributed by atoms with Gasteiger partial charge in [0.2, 0.25) is 0 Å². The normalized spacial score (nSPS) is 10.5. The van der Waals surface area contributed by atoms with Crippen LogP contribution in [0.4, 0.5) is 5.00 Å². The van der Waals surface area contributed by atoms with Crippen LogP contribution in [0.3, 0.4) is 0 Å². The number of aryl methyl sites for hydroxylation is 1. The summed E-state index contributed by atoms with van der Waals surface area (Å²) in [5.74, 6) is -1.09. The third-order valence-electron chi connectivity index (χ3n) is 3.71. The van der Waals surface area contributed by atoms with Gasteiger partial charge < -0.3 is 20.2 Å². The maximum atomic E-state index is 12.3. The van der Waals surface area contributed by atoms with E-state index in [1.54, 1.807) is 18.2 Å². The Morgan fingerprint density at radius 1 is 1.15 bits per heavy atom. The van der Waals surface area contributed by atoms with Crippen molar-refractivity contribution in [3.8, 4) is 0 Å². The van der Waals surface area contributed by atoms with Crippen molar-refractivity contribution in [2.24, 2.45) is 0 Å². The molecule has 0 aliphatic carbocycles. The summed E-state index contributed by atoms with van der Waals surface area (Å²) in [5, 5.41) is 14.7. The molecule has 2 aromatic rings. The van der Waals surface area contributed by atoms with Crippen molar-refractivity contribution in [1.29, 1.82) is 0 Å². The zero-order chi connectivity index (χ0) is 18.9. The summed E-state index contributed by atoms with van der Waals surface area (Å²) in [5.41, 5.74) is 0.795. The Balaban J connectivity index is 1.76. The summed E-state index contributed by atoms with van der Waals surface area (Å²) < 4.78 is 5.04. The number of hydrogen-bond acceptors (Lipinski definition) is 5. The Bertz CT molecular complexity index is 752. The Morgan fingerprint density at radius 3 is 2.62 bits per heavy atom. The minimum atomic E-state index is -0.776. The SMILES string of the molecule is Cc1cc(NC(=O)c2ccco2)sc1C(=O)NCCCCCCC(=O)O. The van der Waals surface area contributed by atoms with E-state index in [-0.39, 0.29) is 24.0 Å². The standard InChI is InChI=1S/C18H22N2O5S/c1-12-11-14(20-17(23)13-7-6-10-25-13)26-16(12)18(24)19-9-5-3-2-4-8-15(21)22/h6-7,10-11H,2-5,8-9H2,1H3,(H,19,24)(H,20,23)(H,21,22). The van der Waals surface area contributed by atoms with Crippen LogP contribution in [0.2, 0.25) is 0 Å². The minimum Gasteiger partial charge on any atom is -0.481 e. The van der Waals surface area contributed by atoms with Crippen molar-refractivity contribution in [3.63, 3.8) is 0 Å². The van der Waals surface area contributed by atoms with Gasteiger partial charge in [-0.05, 0) is 43.5 Å². The smallest absolute Gasteiger partial charge is 0.303 e. The van der Waals surface area contributed by atoms with Crippen molar-refractivity contribution in [1.82, 2.24) is 5.32 Å². The zero-order valence-corrected chi connectivity index (χ0v) is 15.4. The van der Waals surface area contributed by atoms with Gasteiger partial charge in [-0.3, -0.25) is 14.4 Å². The van der Waals surface area contributed by atoms with Crippen LogP contribution in [0.5, 0.6) is 0 Å². The average Bonchev–Trinajstić information content (AvgIpc) is 3.23. The molecule has 0 radical (unpaired) electrons. The number of amides is 2. The Morgan fingerprint density at radius 2 is 1.92 bits per heavy atom. The molecule has 8 heteroatoms. The number of unbranched alkanes of at least 4 members (excludes halogenated alkanes) is 3. The molecule has 0 aliphatic rings. The van der Waals surface area contributed by atoms with Gasteiger partial charge in [0, 0.05) is 13.0 Å². The van der Waals surface area contributed by atoms with Crippen LogP contribution in [-0.4, -0.2) is 29.4 Å². The number of furan rings is 1. The summed E-state index contributed by atoms with van der Waals surface area (Å²) in [6.45, 7) is 2.36. The second-order valence-electron chi connectivity index (χ2n) is 5.87. The summed E-state index contributed by atoms with van der Waals surface area (Å²) in [7, 11) is 0. The van der Waals surface area contributed by atoms with E-state index >= 15 is 0 Å². The number of hydrogen-bond donors (Lipinski definition) is 3. The van der Waals surface area contributed by atoms with Gasteiger partial charge in [0.25, 0.3) is 11.8 Å². The van der Waals surface area contributed by atoms with Crippen LogP contribution >= 0.6 is 11.3 Å². The predicted octanol–water partition coefficient (Wildman–Crippen LogP) is 3.67. The molecule has 0 unspecified atom stereocenters. The summed E-state index contributed by atoms with van der Waals surface area (Å²) in [6, 6.07) is 4.96. The fraction of sp³-hybridized carbons (Fsp3) is 0.389. The fourth-order valence-electron chi connectivity index (χ4n) is 2.39. The van der Waals surface area contributed by atoms with Gasteiger partial charge in [0.05, 0.1) is 16.1 Å². The van der Waals surface area contributed by atoms with Crippen LogP contribution in [0, 0.1) is 6.92 Å². The van der Waals surface area contributed by atoms with E-state index in [0.29, 0.717) is 22.8 Å². The van der Waals surface area contributed by atoms with Gasteiger partial charge in [0.1, 0.15) is 0 Å². The second-order valence-corrected chi connectivity index (χ2v) is 6.92. The Hall–Kier alpha value is -2.61. The van der Waals surface area contributed by atoms with Gasteiger partial charge in [0.15, 0.2) is 5.76 Å². The monoisotopic (exact) mass is 378 g/mol. The molecule has 140 valence electrons. The van der Waals surface area contributed by atoms with Crippen molar-refractivity contribution in [2.45, 2.75) is 39.0 Å². The van der Waals surface area contributed by atoms with Crippen molar-refractivity contribution in [2.75, 3.05) is 11.9 Å². The highest BCUT2D eigenvalue weighted by Gasteiger charge is 2.16. The van der Waals surface area contributed by atoms with E-state index in [2.05, 4.69) is 10.6 Å². The van der Waals surface area contributed by atoms with Crippen LogP contribution in [0.15, 0.2) is 28.9 Å². The molecule has 0 atom stereocenters. The van der Waals surface area contributed by atoms with Gasteiger partial charge >= 0.3 is 5.97 Å². The van der Waals surface area contributed by atoms with Gasteiger partial charge in [-0.25, -0.2) is 0 Å². The number of rotatable bonds is 10. The number of aliphatic carboxylic acids is 1. The molecule has 0 spiro atoms. The molecule has 0 bridgehead atoms. The van der Waals surface area contributed by atoms with Crippen LogP contribution in [0.25, 0.3) is 0 Å². The first-order chi connectivity index (χ1) is 12.5. The molecular weight excluding hydrogens is 356 g/mol. The van der Waals surface area contributed by atoms with Crippen molar-refractivity contribution >= 4 is 34.1 Å². The van der Waals surface area contributed by atoms with E-state index in [9.17, 15) is 14.4 Å². The minimum absolute atomic E-state index is 0.170. The summed E-state index contributed by atoms with van der Waals surface area (Å²) in [4.78, 5) is 35.2. The largest absolute Gasteiger partial charge is 0.481 e. The van der Waals surface area contributed by atoms with Crippen LogP contribution in [-0.2, 0) is 4.79 Å². The molecule has 0 saturated heterocycles. The lowest BCUT2D eigenvalue weighted by Gasteiger charge is -2.04. The van der Waals surface area contributed by atoms with Gasteiger partial charge in [-0.15, -0.1) is 11.3 Å². The lowest BCUT2D eigenvalue weighted by molar-refractivity contribution is -0.137.